The van der Waals surface area contributed by atoms with Gasteiger partial charge in [0.1, 0.15) is 0 Å². The van der Waals surface area contributed by atoms with Gasteiger partial charge < -0.3 is 15.5 Å². The van der Waals surface area contributed by atoms with Crippen molar-refractivity contribution in [2.45, 2.75) is 69.1 Å². The Kier molecular flexibility index (Phi) is 2.49. The van der Waals surface area contributed by atoms with Gasteiger partial charge in [0.05, 0.1) is 11.0 Å². The highest BCUT2D eigenvalue weighted by Gasteiger charge is 2.60. The number of piperidine rings is 1. The van der Waals surface area contributed by atoms with Gasteiger partial charge in [-0.15, -0.1) is 0 Å². The number of carboxylic acid groups (broad SMARTS) is 1. The summed E-state index contributed by atoms with van der Waals surface area (Å²) in [5, 5.41) is 24.0. The second-order valence-corrected chi connectivity index (χ2v) is 6.17. The third kappa shape index (κ3) is 1.54. The van der Waals surface area contributed by atoms with Crippen molar-refractivity contribution in [3.63, 3.8) is 0 Å². The lowest BCUT2D eigenvalue weighted by Crippen LogP contribution is -2.59. The molecule has 2 bridgehead atoms. The highest BCUT2D eigenvalue weighted by atomic mass is 16.4. The molecule has 2 atom stereocenters. The highest BCUT2D eigenvalue weighted by Crippen LogP contribution is 2.53. The quantitative estimate of drug-likeness (QED) is 0.679. The van der Waals surface area contributed by atoms with Crippen molar-refractivity contribution in [3.8, 4) is 0 Å². The lowest BCUT2D eigenvalue weighted by molar-refractivity contribution is -0.175. The molecule has 0 aromatic rings. The number of hydrogen-bond acceptors (Lipinski definition) is 3. The fourth-order valence-corrected chi connectivity index (χ4v) is 4.37. The van der Waals surface area contributed by atoms with E-state index in [1.807, 2.05) is 0 Å². The number of carbonyl (C=O) groups is 1. The molecular weight excluding hydrogens is 218 g/mol. The average Bonchev–Trinajstić information content (AvgIpc) is 2.86. The summed E-state index contributed by atoms with van der Waals surface area (Å²) in [5.74, 6) is -0.779. The summed E-state index contributed by atoms with van der Waals surface area (Å²) in [6, 6.07) is 0.658. The normalized spacial score (nSPS) is 43.8. The Morgan fingerprint density at radius 3 is 2.12 bits per heavy atom. The molecule has 2 heterocycles. The zero-order chi connectivity index (χ0) is 12.1. The first-order chi connectivity index (χ1) is 8.06. The summed E-state index contributed by atoms with van der Waals surface area (Å²) in [7, 11) is 0. The molecule has 0 radical (unpaired) electrons. The van der Waals surface area contributed by atoms with Crippen LogP contribution >= 0.6 is 0 Å². The van der Waals surface area contributed by atoms with E-state index in [1.54, 1.807) is 0 Å². The second-order valence-electron chi connectivity index (χ2n) is 6.17. The van der Waals surface area contributed by atoms with E-state index in [0.717, 1.165) is 25.7 Å². The van der Waals surface area contributed by atoms with E-state index in [9.17, 15) is 15.0 Å². The van der Waals surface area contributed by atoms with E-state index in [4.69, 9.17) is 0 Å². The number of fused-ring (bicyclic) bond motifs is 2. The third-order valence-electron chi connectivity index (χ3n) is 5.26. The maximum absolute atomic E-state index is 11.7. The number of hydrogen-bond donors (Lipinski definition) is 3. The van der Waals surface area contributed by atoms with Crippen molar-refractivity contribution >= 4 is 5.97 Å². The minimum Gasteiger partial charge on any atom is -0.481 e. The lowest BCUT2D eigenvalue weighted by atomic mass is 9.64. The van der Waals surface area contributed by atoms with E-state index < -0.39 is 17.0 Å². The molecule has 0 aromatic carbocycles. The number of nitrogens with one attached hydrogen (secondary N) is 1. The standard InChI is InChI=1S/C13H21NO3/c15-11(16)12(5-1-2-6-12)13(17)7-9-3-4-10(8-13)14-9/h9-10,14,17H,1-8H2,(H,15,16). The highest BCUT2D eigenvalue weighted by molar-refractivity contribution is 5.77. The second kappa shape index (κ2) is 3.69. The molecule has 1 saturated carbocycles. The summed E-state index contributed by atoms with van der Waals surface area (Å²) in [6.45, 7) is 0. The van der Waals surface area contributed by atoms with Crippen LogP contribution in [-0.2, 0) is 4.79 Å². The van der Waals surface area contributed by atoms with Gasteiger partial charge in [-0.2, -0.15) is 0 Å². The van der Waals surface area contributed by atoms with Gasteiger partial charge in [-0.25, -0.2) is 0 Å². The lowest BCUT2D eigenvalue weighted by Gasteiger charge is -2.47. The molecule has 4 nitrogen and oxygen atoms in total. The van der Waals surface area contributed by atoms with E-state index >= 15 is 0 Å². The topological polar surface area (TPSA) is 69.6 Å². The Morgan fingerprint density at radius 1 is 1.12 bits per heavy atom. The van der Waals surface area contributed by atoms with Gasteiger partial charge in [0, 0.05) is 12.1 Å². The largest absolute Gasteiger partial charge is 0.481 e. The molecule has 2 aliphatic heterocycles. The predicted molar refractivity (Wildman–Crippen MR) is 62.7 cm³/mol. The molecule has 1 aliphatic carbocycles. The molecule has 4 heteroatoms. The molecule has 0 aromatic heterocycles. The monoisotopic (exact) mass is 239 g/mol. The van der Waals surface area contributed by atoms with Crippen LogP contribution in [0.4, 0.5) is 0 Å². The number of aliphatic hydroxyl groups is 1. The fraction of sp³-hybridized carbons (Fsp3) is 0.923. The van der Waals surface area contributed by atoms with Crippen molar-refractivity contribution in [1.29, 1.82) is 0 Å². The Labute approximate surface area is 101 Å². The van der Waals surface area contributed by atoms with Gasteiger partial charge in [0.2, 0.25) is 0 Å². The van der Waals surface area contributed by atoms with Crippen LogP contribution in [0.5, 0.6) is 0 Å². The SMILES string of the molecule is O=C(O)C1(C2(O)CC3CCC(C2)N3)CCCC1. The van der Waals surface area contributed by atoms with Crippen LogP contribution < -0.4 is 5.32 Å². The predicted octanol–water partition coefficient (Wildman–Crippen LogP) is 1.28. The fourth-order valence-electron chi connectivity index (χ4n) is 4.37. The Balaban J connectivity index is 1.92. The number of carboxylic acids is 1. The summed E-state index contributed by atoms with van der Waals surface area (Å²) >= 11 is 0. The minimum absolute atomic E-state index is 0.329. The molecule has 3 rings (SSSR count). The van der Waals surface area contributed by atoms with Crippen LogP contribution in [0.2, 0.25) is 0 Å². The molecule has 3 aliphatic rings. The summed E-state index contributed by atoms with van der Waals surface area (Å²) in [5.41, 5.74) is -1.84. The minimum atomic E-state index is -0.980. The molecular formula is C13H21NO3. The van der Waals surface area contributed by atoms with Crippen molar-refractivity contribution in [2.24, 2.45) is 5.41 Å². The zero-order valence-corrected chi connectivity index (χ0v) is 10.1. The maximum atomic E-state index is 11.7. The van der Waals surface area contributed by atoms with Crippen molar-refractivity contribution in [3.05, 3.63) is 0 Å². The molecule has 2 unspecified atom stereocenters. The van der Waals surface area contributed by atoms with E-state index in [2.05, 4.69) is 5.32 Å². The summed E-state index contributed by atoms with van der Waals surface area (Å²) < 4.78 is 0. The number of rotatable bonds is 2. The summed E-state index contributed by atoms with van der Waals surface area (Å²) in [4.78, 5) is 11.7. The molecule has 96 valence electrons. The smallest absolute Gasteiger partial charge is 0.312 e. The van der Waals surface area contributed by atoms with E-state index in [1.165, 1.54) is 0 Å². The zero-order valence-electron chi connectivity index (χ0n) is 10.1. The Morgan fingerprint density at radius 2 is 1.65 bits per heavy atom. The van der Waals surface area contributed by atoms with Crippen LogP contribution in [0.1, 0.15) is 51.4 Å². The maximum Gasteiger partial charge on any atom is 0.312 e. The van der Waals surface area contributed by atoms with Crippen molar-refractivity contribution in [1.82, 2.24) is 5.32 Å². The molecule has 0 spiro atoms. The van der Waals surface area contributed by atoms with Crippen LogP contribution in [0.3, 0.4) is 0 Å². The molecule has 3 fully saturated rings. The van der Waals surface area contributed by atoms with Gasteiger partial charge in [-0.1, -0.05) is 12.8 Å². The van der Waals surface area contributed by atoms with Gasteiger partial charge >= 0.3 is 5.97 Å². The molecule has 3 N–H and O–H groups in total. The molecule has 2 saturated heterocycles. The van der Waals surface area contributed by atoms with Crippen LogP contribution in [0, 0.1) is 5.41 Å². The molecule has 17 heavy (non-hydrogen) atoms. The van der Waals surface area contributed by atoms with Gasteiger partial charge in [0.25, 0.3) is 0 Å². The summed E-state index contributed by atoms with van der Waals surface area (Å²) in [6.07, 6.45) is 6.60. The van der Waals surface area contributed by atoms with Crippen LogP contribution in [0.15, 0.2) is 0 Å². The average molecular weight is 239 g/mol. The Hall–Kier alpha value is -0.610. The van der Waals surface area contributed by atoms with Gasteiger partial charge in [0.15, 0.2) is 0 Å². The first kappa shape index (κ1) is 11.5. The van der Waals surface area contributed by atoms with E-state index in [-0.39, 0.29) is 0 Å². The number of aliphatic carboxylic acids is 1. The van der Waals surface area contributed by atoms with Crippen LogP contribution in [0.25, 0.3) is 0 Å². The van der Waals surface area contributed by atoms with Gasteiger partial charge in [-0.05, 0) is 38.5 Å². The van der Waals surface area contributed by atoms with Gasteiger partial charge in [-0.3, -0.25) is 4.79 Å². The van der Waals surface area contributed by atoms with Crippen molar-refractivity contribution in [2.75, 3.05) is 0 Å². The third-order valence-corrected chi connectivity index (χ3v) is 5.26. The first-order valence-corrected chi connectivity index (χ1v) is 6.78. The molecule has 0 amide bonds. The van der Waals surface area contributed by atoms with Crippen molar-refractivity contribution < 1.29 is 15.0 Å². The van der Waals surface area contributed by atoms with Crippen LogP contribution in [-0.4, -0.2) is 33.9 Å². The Bertz CT molecular complexity index is 324. The van der Waals surface area contributed by atoms with E-state index in [0.29, 0.717) is 37.8 Å². The first-order valence-electron chi connectivity index (χ1n) is 6.78.